The fraction of sp³-hybridized carbons (Fsp3) is 0. The lowest BCUT2D eigenvalue weighted by Gasteiger charge is -1.89. The van der Waals surface area contributed by atoms with Crippen LogP contribution in [0.4, 0.5) is 5.69 Å². The first-order valence-corrected chi connectivity index (χ1v) is 2.97. The second-order valence-corrected chi connectivity index (χ2v) is 1.93. The number of hydrogen-bond acceptors (Lipinski definition) is 4. The Hall–Kier alpha value is -1.71. The molecule has 0 spiro atoms. The highest BCUT2D eigenvalue weighted by atomic mass is 16.4. The number of nitrogens with zero attached hydrogens (tertiary/aromatic N) is 2. The van der Waals surface area contributed by atoms with Crippen molar-refractivity contribution in [3.05, 3.63) is 34.7 Å². The van der Waals surface area contributed by atoms with Crippen molar-refractivity contribution >= 4 is 11.9 Å². The Morgan fingerprint density at radius 2 is 1.91 bits per heavy atom. The quantitative estimate of drug-likeness (QED) is 0.303. The van der Waals surface area contributed by atoms with Crippen LogP contribution in [0.1, 0.15) is 5.56 Å². The molecule has 0 aliphatic carbocycles. The van der Waals surface area contributed by atoms with Gasteiger partial charge in [0.25, 0.3) is 0 Å². The molecule has 0 aliphatic heterocycles. The first-order chi connectivity index (χ1) is 5.36. The molecule has 0 fully saturated rings. The molecule has 1 N–H and O–H groups in total. The molecule has 0 bridgehead atoms. The van der Waals surface area contributed by atoms with E-state index in [1.54, 1.807) is 24.3 Å². The van der Waals surface area contributed by atoms with Crippen LogP contribution in [-0.4, -0.2) is 11.4 Å². The van der Waals surface area contributed by atoms with Gasteiger partial charge in [-0.1, -0.05) is 17.3 Å². The van der Waals surface area contributed by atoms with Gasteiger partial charge in [0.2, 0.25) is 0 Å². The Labute approximate surface area is 63.1 Å². The summed E-state index contributed by atoms with van der Waals surface area (Å²) in [5.41, 5.74) is 1.08. The molecule has 4 heteroatoms. The summed E-state index contributed by atoms with van der Waals surface area (Å²) < 4.78 is 0. The van der Waals surface area contributed by atoms with Crippen molar-refractivity contribution < 1.29 is 5.21 Å². The van der Waals surface area contributed by atoms with Gasteiger partial charge in [0.1, 0.15) is 5.69 Å². The van der Waals surface area contributed by atoms with E-state index in [4.69, 9.17) is 5.21 Å². The summed E-state index contributed by atoms with van der Waals surface area (Å²) in [6.07, 6.45) is 1.27. The highest BCUT2D eigenvalue weighted by Crippen LogP contribution is 2.10. The van der Waals surface area contributed by atoms with E-state index < -0.39 is 0 Å². The zero-order valence-electron chi connectivity index (χ0n) is 5.64. The molecule has 4 nitrogen and oxygen atoms in total. The van der Waals surface area contributed by atoms with E-state index in [0.717, 1.165) is 5.56 Å². The van der Waals surface area contributed by atoms with Crippen LogP contribution in [0.5, 0.6) is 0 Å². The van der Waals surface area contributed by atoms with Crippen LogP contribution in [0.2, 0.25) is 0 Å². The van der Waals surface area contributed by atoms with Crippen LogP contribution in [0.25, 0.3) is 0 Å². The topological polar surface area (TPSA) is 62.0 Å². The van der Waals surface area contributed by atoms with E-state index in [0.29, 0.717) is 5.69 Å². The van der Waals surface area contributed by atoms with Gasteiger partial charge in [-0.2, -0.15) is 0 Å². The average Bonchev–Trinajstić information content (AvgIpc) is 2.07. The molecule has 56 valence electrons. The van der Waals surface area contributed by atoms with Crippen LogP contribution < -0.4 is 0 Å². The van der Waals surface area contributed by atoms with Crippen molar-refractivity contribution in [2.45, 2.75) is 0 Å². The second-order valence-electron chi connectivity index (χ2n) is 1.93. The third-order valence-electron chi connectivity index (χ3n) is 1.21. The fourth-order valence-corrected chi connectivity index (χ4v) is 0.688. The van der Waals surface area contributed by atoms with Gasteiger partial charge in [-0.25, -0.2) is 0 Å². The molecule has 1 aromatic rings. The highest BCUT2D eigenvalue weighted by molar-refractivity contribution is 5.79. The van der Waals surface area contributed by atoms with E-state index in [1.165, 1.54) is 6.21 Å². The Morgan fingerprint density at radius 3 is 2.36 bits per heavy atom. The average molecular weight is 150 g/mol. The molecule has 0 aliphatic rings. The Bertz CT molecular complexity index is 266. The first-order valence-electron chi connectivity index (χ1n) is 2.97. The molecule has 0 heterocycles. The minimum Gasteiger partial charge on any atom is -0.411 e. The van der Waals surface area contributed by atoms with Crippen molar-refractivity contribution in [3.63, 3.8) is 0 Å². The van der Waals surface area contributed by atoms with Crippen LogP contribution in [0, 0.1) is 4.91 Å². The molecule has 0 aromatic heterocycles. The van der Waals surface area contributed by atoms with Crippen LogP contribution in [0.15, 0.2) is 34.6 Å². The van der Waals surface area contributed by atoms with Gasteiger partial charge in [-0.15, -0.1) is 4.91 Å². The summed E-state index contributed by atoms with van der Waals surface area (Å²) in [7, 11) is 0. The maximum atomic E-state index is 9.94. The smallest absolute Gasteiger partial charge is 0.108 e. The second kappa shape index (κ2) is 3.46. The SMILES string of the molecule is O=Nc1ccc(/C=N/O)cc1. The van der Waals surface area contributed by atoms with Gasteiger partial charge in [0, 0.05) is 0 Å². The molecular formula is C7H6N2O2. The Balaban J connectivity index is 2.91. The van der Waals surface area contributed by atoms with Crippen molar-refractivity contribution in [3.8, 4) is 0 Å². The van der Waals surface area contributed by atoms with Crippen LogP contribution >= 0.6 is 0 Å². The van der Waals surface area contributed by atoms with Crippen LogP contribution in [-0.2, 0) is 0 Å². The maximum absolute atomic E-state index is 9.94. The molecule has 0 unspecified atom stereocenters. The van der Waals surface area contributed by atoms with E-state index in [2.05, 4.69) is 10.3 Å². The Morgan fingerprint density at radius 1 is 1.27 bits per heavy atom. The molecule has 0 saturated carbocycles. The van der Waals surface area contributed by atoms with Crippen molar-refractivity contribution in [1.29, 1.82) is 0 Å². The zero-order valence-corrected chi connectivity index (χ0v) is 5.64. The summed E-state index contributed by atoms with van der Waals surface area (Å²) >= 11 is 0. The minimum atomic E-state index is 0.361. The van der Waals surface area contributed by atoms with Gasteiger partial charge in [0.05, 0.1) is 6.21 Å². The largest absolute Gasteiger partial charge is 0.411 e. The lowest BCUT2D eigenvalue weighted by molar-refractivity contribution is 0.322. The van der Waals surface area contributed by atoms with Gasteiger partial charge < -0.3 is 5.21 Å². The first kappa shape index (κ1) is 7.40. The predicted octanol–water partition coefficient (Wildman–Crippen LogP) is 1.89. The summed E-state index contributed by atoms with van der Waals surface area (Å²) in [5, 5.41) is 13.7. The van der Waals surface area contributed by atoms with E-state index in [1.807, 2.05) is 0 Å². The summed E-state index contributed by atoms with van der Waals surface area (Å²) in [4.78, 5) is 9.94. The number of rotatable bonds is 2. The fourth-order valence-electron chi connectivity index (χ4n) is 0.688. The van der Waals surface area contributed by atoms with Crippen molar-refractivity contribution in [2.75, 3.05) is 0 Å². The van der Waals surface area contributed by atoms with E-state index in [-0.39, 0.29) is 0 Å². The third-order valence-corrected chi connectivity index (χ3v) is 1.21. The maximum Gasteiger partial charge on any atom is 0.108 e. The van der Waals surface area contributed by atoms with Gasteiger partial charge >= 0.3 is 0 Å². The predicted molar refractivity (Wildman–Crippen MR) is 41.3 cm³/mol. The molecule has 0 amide bonds. The zero-order chi connectivity index (χ0) is 8.10. The Kier molecular flexibility index (Phi) is 2.32. The normalized spacial score (nSPS) is 10.2. The van der Waals surface area contributed by atoms with Crippen LogP contribution in [0.3, 0.4) is 0 Å². The van der Waals surface area contributed by atoms with Crippen molar-refractivity contribution in [2.24, 2.45) is 10.3 Å². The number of nitroso groups, excluding NO2 is 1. The molecule has 0 radical (unpaired) electrons. The molecule has 0 saturated heterocycles. The third kappa shape index (κ3) is 1.86. The highest BCUT2D eigenvalue weighted by Gasteiger charge is 1.89. The molecule has 1 rings (SSSR count). The van der Waals surface area contributed by atoms with Gasteiger partial charge in [0.15, 0.2) is 0 Å². The lowest BCUT2D eigenvalue weighted by Crippen LogP contribution is -1.77. The van der Waals surface area contributed by atoms with E-state index >= 15 is 0 Å². The monoisotopic (exact) mass is 150 g/mol. The molecule has 1 aromatic carbocycles. The summed E-state index contributed by atoms with van der Waals surface area (Å²) in [6, 6.07) is 6.36. The number of hydrogen-bond donors (Lipinski definition) is 1. The summed E-state index contributed by atoms with van der Waals surface area (Å²) in [5.74, 6) is 0. The number of benzene rings is 1. The van der Waals surface area contributed by atoms with Gasteiger partial charge in [-0.05, 0) is 22.9 Å². The van der Waals surface area contributed by atoms with E-state index in [9.17, 15) is 4.91 Å². The molecule has 11 heavy (non-hydrogen) atoms. The standard InChI is InChI=1S/C7H6N2O2/c10-8-5-6-1-3-7(9-11)4-2-6/h1-5,10H/b8-5+. The lowest BCUT2D eigenvalue weighted by atomic mass is 10.2. The van der Waals surface area contributed by atoms with Crippen molar-refractivity contribution in [1.82, 2.24) is 0 Å². The number of oxime groups is 1. The minimum absolute atomic E-state index is 0.361. The summed E-state index contributed by atoms with van der Waals surface area (Å²) in [6.45, 7) is 0. The molecular weight excluding hydrogens is 144 g/mol. The molecule has 0 atom stereocenters. The van der Waals surface area contributed by atoms with Gasteiger partial charge in [-0.3, -0.25) is 0 Å².